The second-order valence-corrected chi connectivity index (χ2v) is 10.0. The number of aromatic nitrogens is 1. The highest BCUT2D eigenvalue weighted by Crippen LogP contribution is 2.35. The van der Waals surface area contributed by atoms with Crippen LogP contribution in [0.3, 0.4) is 0 Å². The Morgan fingerprint density at radius 2 is 1.93 bits per heavy atom. The van der Waals surface area contributed by atoms with Crippen molar-refractivity contribution < 1.29 is 13.2 Å². The van der Waals surface area contributed by atoms with Crippen LogP contribution in [0.25, 0.3) is 11.6 Å². The van der Waals surface area contributed by atoms with Gasteiger partial charge in [-0.05, 0) is 41.3 Å². The topological polar surface area (TPSA) is 88.2 Å². The molecule has 6 nitrogen and oxygen atoms in total. The predicted octanol–water partition coefficient (Wildman–Crippen LogP) is 4.24. The molecule has 8 heteroatoms. The lowest BCUT2D eigenvalue weighted by molar-refractivity contribution is -0.110. The van der Waals surface area contributed by atoms with Crippen molar-refractivity contribution in [3.63, 3.8) is 0 Å². The highest BCUT2D eigenvalue weighted by Gasteiger charge is 2.27. The normalized spacial score (nSPS) is 14.9. The summed E-state index contributed by atoms with van der Waals surface area (Å²) in [5.41, 5.74) is 3.63. The summed E-state index contributed by atoms with van der Waals surface area (Å²) in [7, 11) is -3.74. The molecule has 4 rings (SSSR count). The predicted molar refractivity (Wildman–Crippen MR) is 120 cm³/mol. The van der Waals surface area contributed by atoms with Crippen LogP contribution in [0.5, 0.6) is 0 Å². The largest absolute Gasteiger partial charge is 0.321 e. The monoisotopic (exact) mass is 439 g/mol. The second kappa shape index (κ2) is 8.14. The first kappa shape index (κ1) is 20.5. The molecule has 0 fully saturated rings. The summed E-state index contributed by atoms with van der Waals surface area (Å²) >= 11 is 1.41. The summed E-state index contributed by atoms with van der Waals surface area (Å²) < 4.78 is 28.3. The van der Waals surface area contributed by atoms with E-state index in [0.717, 1.165) is 5.56 Å². The van der Waals surface area contributed by atoms with Crippen molar-refractivity contribution in [1.82, 2.24) is 9.71 Å². The van der Waals surface area contributed by atoms with Gasteiger partial charge < -0.3 is 5.32 Å². The fourth-order valence-electron chi connectivity index (χ4n) is 3.19. The Bertz CT molecular complexity index is 1210. The van der Waals surface area contributed by atoms with Gasteiger partial charge in [0.2, 0.25) is 10.0 Å². The van der Waals surface area contributed by atoms with E-state index in [2.05, 4.69) is 28.9 Å². The van der Waals surface area contributed by atoms with Crippen molar-refractivity contribution in [2.24, 2.45) is 0 Å². The number of benzene rings is 2. The van der Waals surface area contributed by atoms with Crippen LogP contribution in [0, 0.1) is 0 Å². The number of rotatable bonds is 6. The van der Waals surface area contributed by atoms with Gasteiger partial charge in [0, 0.05) is 29.4 Å². The summed E-state index contributed by atoms with van der Waals surface area (Å²) in [6.45, 7) is 4.42. The zero-order valence-corrected chi connectivity index (χ0v) is 18.2. The second-order valence-electron chi connectivity index (χ2n) is 7.31. The molecule has 0 aliphatic carbocycles. The van der Waals surface area contributed by atoms with E-state index in [9.17, 15) is 13.2 Å². The van der Waals surface area contributed by atoms with Crippen LogP contribution in [0.15, 0.2) is 58.9 Å². The van der Waals surface area contributed by atoms with Gasteiger partial charge >= 0.3 is 0 Å². The number of carbonyl (C=O) groups is 1. The molecule has 3 aromatic rings. The molecule has 2 N–H and O–H groups in total. The van der Waals surface area contributed by atoms with E-state index in [1.165, 1.54) is 29.0 Å². The Labute approximate surface area is 179 Å². The number of carbonyl (C=O) groups excluding carboxylic acids is 1. The lowest BCUT2D eigenvalue weighted by Crippen LogP contribution is -2.23. The van der Waals surface area contributed by atoms with Crippen LogP contribution < -0.4 is 10.0 Å². The number of hydrogen-bond donors (Lipinski definition) is 2. The number of amides is 1. The Hall–Kier alpha value is -2.81. The van der Waals surface area contributed by atoms with Gasteiger partial charge in [0.05, 0.1) is 10.5 Å². The Kier molecular flexibility index (Phi) is 5.55. The minimum absolute atomic E-state index is 0.113. The Balaban J connectivity index is 1.57. The number of hydrogen-bond acceptors (Lipinski definition) is 5. The molecule has 0 bridgehead atoms. The van der Waals surface area contributed by atoms with E-state index < -0.39 is 10.0 Å². The SMILES string of the molecule is CC(C)c1ccc(CNS(=O)(=O)c2ccc3c(c2)/C(=C\c2nccs2)C(=O)N3)cc1. The van der Waals surface area contributed by atoms with Crippen LogP contribution in [0.4, 0.5) is 5.69 Å². The van der Waals surface area contributed by atoms with Crippen LogP contribution in [0.2, 0.25) is 0 Å². The maximum absolute atomic E-state index is 12.8. The maximum atomic E-state index is 12.8. The van der Waals surface area contributed by atoms with Crippen molar-refractivity contribution in [2.75, 3.05) is 5.32 Å². The van der Waals surface area contributed by atoms with E-state index in [1.54, 1.807) is 18.3 Å². The summed E-state index contributed by atoms with van der Waals surface area (Å²) in [6, 6.07) is 12.5. The molecular formula is C22H21N3O3S2. The molecule has 2 heterocycles. The van der Waals surface area contributed by atoms with Gasteiger partial charge in [-0.3, -0.25) is 4.79 Å². The van der Waals surface area contributed by atoms with Crippen LogP contribution in [-0.4, -0.2) is 19.3 Å². The standard InChI is InChI=1S/C22H21N3O3S2/c1-14(2)16-5-3-15(4-6-16)13-24-30(27,28)17-7-8-20-18(11-17)19(22(26)25-20)12-21-23-9-10-29-21/h3-12,14,24H,13H2,1-2H3,(H,25,26)/b19-12+. The Morgan fingerprint density at radius 1 is 1.17 bits per heavy atom. The number of thiazole rings is 1. The molecule has 154 valence electrons. The van der Waals surface area contributed by atoms with E-state index >= 15 is 0 Å². The molecule has 2 aromatic carbocycles. The third-order valence-electron chi connectivity index (χ3n) is 4.92. The quantitative estimate of drug-likeness (QED) is 0.563. The Morgan fingerprint density at radius 3 is 2.60 bits per heavy atom. The van der Waals surface area contributed by atoms with E-state index in [1.807, 2.05) is 29.6 Å². The molecule has 0 spiro atoms. The van der Waals surface area contributed by atoms with Gasteiger partial charge in [0.15, 0.2) is 0 Å². The number of fused-ring (bicyclic) bond motifs is 1. The molecule has 0 unspecified atom stereocenters. The van der Waals surface area contributed by atoms with Crippen molar-refractivity contribution in [3.8, 4) is 0 Å². The maximum Gasteiger partial charge on any atom is 0.256 e. The first-order chi connectivity index (χ1) is 14.3. The number of nitrogens with zero attached hydrogens (tertiary/aromatic N) is 1. The lowest BCUT2D eigenvalue weighted by atomic mass is 10.0. The smallest absolute Gasteiger partial charge is 0.256 e. The van der Waals surface area contributed by atoms with Crippen molar-refractivity contribution in [2.45, 2.75) is 31.2 Å². The van der Waals surface area contributed by atoms with Gasteiger partial charge in [-0.2, -0.15) is 0 Å². The van der Waals surface area contributed by atoms with Gasteiger partial charge in [0.1, 0.15) is 5.01 Å². The molecule has 0 saturated carbocycles. The van der Waals surface area contributed by atoms with E-state index in [-0.39, 0.29) is 17.3 Å². The average Bonchev–Trinajstić information content (AvgIpc) is 3.35. The van der Waals surface area contributed by atoms with Crippen LogP contribution in [-0.2, 0) is 21.4 Å². The van der Waals surface area contributed by atoms with E-state index in [0.29, 0.717) is 27.7 Å². The fraction of sp³-hybridized carbons (Fsp3) is 0.182. The average molecular weight is 440 g/mol. The fourth-order valence-corrected chi connectivity index (χ4v) is 4.80. The highest BCUT2D eigenvalue weighted by atomic mass is 32.2. The van der Waals surface area contributed by atoms with Gasteiger partial charge in [0.25, 0.3) is 5.91 Å². The first-order valence-electron chi connectivity index (χ1n) is 9.49. The van der Waals surface area contributed by atoms with Gasteiger partial charge in [-0.1, -0.05) is 38.1 Å². The number of anilines is 1. The van der Waals surface area contributed by atoms with Crippen LogP contribution in [0.1, 0.15) is 41.5 Å². The molecule has 30 heavy (non-hydrogen) atoms. The number of sulfonamides is 1. The zero-order chi connectivity index (χ0) is 21.3. The van der Waals surface area contributed by atoms with E-state index in [4.69, 9.17) is 0 Å². The van der Waals surface area contributed by atoms with Gasteiger partial charge in [-0.25, -0.2) is 18.1 Å². The molecule has 1 aromatic heterocycles. The van der Waals surface area contributed by atoms with Crippen molar-refractivity contribution in [1.29, 1.82) is 0 Å². The molecular weight excluding hydrogens is 418 g/mol. The molecule has 1 amide bonds. The highest BCUT2D eigenvalue weighted by molar-refractivity contribution is 7.89. The lowest BCUT2D eigenvalue weighted by Gasteiger charge is -2.10. The van der Waals surface area contributed by atoms with Crippen molar-refractivity contribution >= 4 is 44.6 Å². The first-order valence-corrected chi connectivity index (χ1v) is 11.9. The molecule has 0 radical (unpaired) electrons. The zero-order valence-electron chi connectivity index (χ0n) is 16.5. The van der Waals surface area contributed by atoms with Crippen LogP contribution >= 0.6 is 11.3 Å². The summed E-state index contributed by atoms with van der Waals surface area (Å²) in [5, 5.41) is 5.27. The number of nitrogens with one attached hydrogen (secondary N) is 2. The minimum atomic E-state index is -3.74. The summed E-state index contributed by atoms with van der Waals surface area (Å²) in [4.78, 5) is 16.6. The summed E-state index contributed by atoms with van der Waals surface area (Å²) in [6.07, 6.45) is 3.33. The molecule has 1 aliphatic rings. The van der Waals surface area contributed by atoms with Gasteiger partial charge in [-0.15, -0.1) is 11.3 Å². The molecule has 1 aliphatic heterocycles. The molecule has 0 saturated heterocycles. The van der Waals surface area contributed by atoms with Crippen molar-refractivity contribution in [3.05, 3.63) is 75.7 Å². The minimum Gasteiger partial charge on any atom is -0.321 e. The third-order valence-corrected chi connectivity index (χ3v) is 7.04. The summed E-state index contributed by atoms with van der Waals surface area (Å²) in [5.74, 6) is 0.151. The molecule has 0 atom stereocenters. The third kappa shape index (κ3) is 4.21.